The zero-order valence-corrected chi connectivity index (χ0v) is 13.6. The Kier molecular flexibility index (Phi) is 5.09. The molecule has 0 radical (unpaired) electrons. The molecule has 1 aromatic rings. The van der Waals surface area contributed by atoms with E-state index in [1.807, 2.05) is 0 Å². The molecule has 0 spiro atoms. The monoisotopic (exact) mass is 326 g/mol. The van der Waals surface area contributed by atoms with Crippen LogP contribution >= 0.6 is 0 Å². The fourth-order valence-electron chi connectivity index (χ4n) is 1.89. The van der Waals surface area contributed by atoms with E-state index < -0.39 is 33.7 Å². The first-order valence-electron chi connectivity index (χ1n) is 6.80. The summed E-state index contributed by atoms with van der Waals surface area (Å²) in [6.45, 7) is 6.22. The third kappa shape index (κ3) is 3.82. The molecule has 1 rings (SSSR count). The van der Waals surface area contributed by atoms with Gasteiger partial charge in [-0.05, 0) is 27.7 Å². The number of carbonyl (C=O) groups excluding carboxylic acids is 2. The number of benzene rings is 1. The summed E-state index contributed by atoms with van der Waals surface area (Å²) in [7, 11) is 1.26. The summed E-state index contributed by atoms with van der Waals surface area (Å²) in [4.78, 5) is 34.6. The lowest BCUT2D eigenvalue weighted by Gasteiger charge is -2.35. The molecule has 0 aliphatic heterocycles. The number of rotatable bonds is 4. The van der Waals surface area contributed by atoms with Crippen molar-refractivity contribution in [2.75, 3.05) is 7.05 Å². The Morgan fingerprint density at radius 1 is 1.35 bits per heavy atom. The number of carbonyl (C=O) groups is 2. The molecule has 1 amide bonds. The lowest BCUT2D eigenvalue weighted by Crippen LogP contribution is -2.48. The molecule has 7 nitrogen and oxygen atoms in total. The van der Waals surface area contributed by atoms with Crippen LogP contribution < -0.4 is 0 Å². The Bertz CT molecular complexity index is 641. The van der Waals surface area contributed by atoms with Gasteiger partial charge in [-0.1, -0.05) is 12.1 Å². The quantitative estimate of drug-likeness (QED) is 0.482. The van der Waals surface area contributed by atoms with Crippen LogP contribution in [0.15, 0.2) is 18.2 Å². The van der Waals surface area contributed by atoms with Gasteiger partial charge in [0, 0.05) is 18.7 Å². The third-order valence-electron chi connectivity index (χ3n) is 3.31. The summed E-state index contributed by atoms with van der Waals surface area (Å²) in [5, 5.41) is 10.9. The van der Waals surface area contributed by atoms with Gasteiger partial charge in [0.05, 0.1) is 4.92 Å². The zero-order chi connectivity index (χ0) is 18.0. The maximum atomic E-state index is 14.4. The smallest absolute Gasteiger partial charge is 0.411 e. The average molecular weight is 326 g/mol. The lowest BCUT2D eigenvalue weighted by molar-refractivity contribution is -0.387. The van der Waals surface area contributed by atoms with Gasteiger partial charge < -0.3 is 9.53 Å². The molecular formula is C15H19FN2O5. The van der Waals surface area contributed by atoms with E-state index in [-0.39, 0.29) is 5.56 Å². The zero-order valence-electron chi connectivity index (χ0n) is 13.6. The van der Waals surface area contributed by atoms with E-state index in [9.17, 15) is 24.1 Å². The topological polar surface area (TPSA) is 89.8 Å². The maximum Gasteiger partial charge on any atom is 0.411 e. The summed E-state index contributed by atoms with van der Waals surface area (Å²) in [6.07, 6.45) is -0.503. The van der Waals surface area contributed by atoms with Gasteiger partial charge in [-0.25, -0.2) is 4.79 Å². The van der Waals surface area contributed by atoms with Crippen molar-refractivity contribution in [3.8, 4) is 0 Å². The molecule has 23 heavy (non-hydrogen) atoms. The summed E-state index contributed by atoms with van der Waals surface area (Å²) in [5.41, 5.74) is -3.61. The van der Waals surface area contributed by atoms with Gasteiger partial charge in [-0.3, -0.25) is 15.0 Å². The molecule has 0 N–H and O–H groups in total. The molecule has 1 unspecified atom stereocenters. The number of ether oxygens (including phenoxy) is 1. The lowest BCUT2D eigenvalue weighted by atomic mass is 9.91. The van der Waals surface area contributed by atoms with Gasteiger partial charge in [0.15, 0.2) is 0 Å². The van der Waals surface area contributed by atoms with Crippen LogP contribution in [-0.2, 0) is 15.1 Å². The van der Waals surface area contributed by atoms with Crippen molar-refractivity contribution < 1.29 is 23.6 Å². The highest BCUT2D eigenvalue weighted by Crippen LogP contribution is 2.32. The summed E-state index contributed by atoms with van der Waals surface area (Å²) >= 11 is 0. The highest BCUT2D eigenvalue weighted by molar-refractivity contribution is 5.78. The molecule has 0 aliphatic carbocycles. The van der Waals surface area contributed by atoms with Crippen molar-refractivity contribution in [2.24, 2.45) is 0 Å². The molecule has 1 atom stereocenters. The predicted octanol–water partition coefficient (Wildman–Crippen LogP) is 3.01. The van der Waals surface area contributed by atoms with Crippen molar-refractivity contribution in [1.29, 1.82) is 0 Å². The number of nitro benzene ring substituents is 1. The minimum absolute atomic E-state index is 0.282. The van der Waals surface area contributed by atoms with Crippen LogP contribution in [0.25, 0.3) is 0 Å². The summed E-state index contributed by atoms with van der Waals surface area (Å²) in [6, 6.07) is 3.45. The Labute approximate surface area is 133 Å². The molecule has 0 saturated heterocycles. The molecule has 8 heteroatoms. The first-order valence-corrected chi connectivity index (χ1v) is 6.80. The van der Waals surface area contributed by atoms with Crippen LogP contribution in [0.4, 0.5) is 14.9 Å². The second-order valence-corrected chi connectivity index (χ2v) is 6.20. The van der Waals surface area contributed by atoms with Crippen LogP contribution in [0, 0.1) is 15.9 Å². The maximum absolute atomic E-state index is 14.4. The van der Waals surface area contributed by atoms with Crippen molar-refractivity contribution in [1.82, 2.24) is 4.90 Å². The van der Waals surface area contributed by atoms with Crippen molar-refractivity contribution in [3.63, 3.8) is 0 Å². The minimum Gasteiger partial charge on any atom is -0.444 e. The Balaban J connectivity index is 3.35. The highest BCUT2D eigenvalue weighted by atomic mass is 19.1. The number of halogens is 1. The van der Waals surface area contributed by atoms with E-state index >= 15 is 0 Å². The highest BCUT2D eigenvalue weighted by Gasteiger charge is 2.40. The standard InChI is InChI=1S/C15H19FN2O5/c1-14(2,3)23-13(20)17(5)15(4,9-19)10-7-6-8-11(12(10)16)18(21)22/h6-9H,1-5H3. The fraction of sp³-hybridized carbons (Fsp3) is 0.467. The van der Waals surface area contributed by atoms with Gasteiger partial charge >= 0.3 is 11.8 Å². The molecule has 0 aromatic heterocycles. The molecule has 126 valence electrons. The fourth-order valence-corrected chi connectivity index (χ4v) is 1.89. The molecule has 0 bridgehead atoms. The number of aldehydes is 1. The number of amides is 1. The number of hydrogen-bond donors (Lipinski definition) is 0. The Hall–Kier alpha value is -2.51. The molecule has 0 fully saturated rings. The summed E-state index contributed by atoms with van der Waals surface area (Å²) < 4.78 is 19.5. The van der Waals surface area contributed by atoms with E-state index in [4.69, 9.17) is 4.74 Å². The van der Waals surface area contributed by atoms with Gasteiger partial charge in [0.2, 0.25) is 5.82 Å². The van der Waals surface area contributed by atoms with Crippen LogP contribution in [0.1, 0.15) is 33.3 Å². The van der Waals surface area contributed by atoms with E-state index in [0.29, 0.717) is 6.29 Å². The van der Waals surface area contributed by atoms with Gasteiger partial charge in [-0.2, -0.15) is 4.39 Å². The number of likely N-dealkylation sites (N-methyl/N-ethyl adjacent to an activating group) is 1. The van der Waals surface area contributed by atoms with E-state index in [0.717, 1.165) is 11.0 Å². The normalized spacial score (nSPS) is 13.8. The number of nitrogens with zero attached hydrogens (tertiary/aromatic N) is 2. The number of nitro groups is 1. The van der Waals surface area contributed by atoms with Crippen LogP contribution in [-0.4, -0.2) is 34.9 Å². The van der Waals surface area contributed by atoms with Gasteiger partial charge in [0.1, 0.15) is 17.4 Å². The largest absolute Gasteiger partial charge is 0.444 e. The second-order valence-electron chi connectivity index (χ2n) is 6.20. The van der Waals surface area contributed by atoms with Crippen LogP contribution in [0.2, 0.25) is 0 Å². The molecular weight excluding hydrogens is 307 g/mol. The predicted molar refractivity (Wildman–Crippen MR) is 80.5 cm³/mol. The molecule has 0 saturated carbocycles. The van der Waals surface area contributed by atoms with Gasteiger partial charge in [0.25, 0.3) is 0 Å². The third-order valence-corrected chi connectivity index (χ3v) is 3.31. The van der Waals surface area contributed by atoms with Crippen LogP contribution in [0.3, 0.4) is 0 Å². The van der Waals surface area contributed by atoms with E-state index in [2.05, 4.69) is 0 Å². The van der Waals surface area contributed by atoms with E-state index in [1.165, 1.54) is 26.1 Å². The van der Waals surface area contributed by atoms with Crippen LogP contribution in [0.5, 0.6) is 0 Å². The average Bonchev–Trinajstić information content (AvgIpc) is 2.43. The van der Waals surface area contributed by atoms with Crippen molar-refractivity contribution in [3.05, 3.63) is 39.7 Å². The first kappa shape index (κ1) is 18.5. The second kappa shape index (κ2) is 6.31. The molecule has 0 heterocycles. The van der Waals surface area contributed by atoms with Gasteiger partial charge in [-0.15, -0.1) is 0 Å². The number of hydrogen-bond acceptors (Lipinski definition) is 5. The van der Waals surface area contributed by atoms with Crippen molar-refractivity contribution >= 4 is 18.1 Å². The molecule has 0 aliphatic rings. The SMILES string of the molecule is CN(C(=O)OC(C)(C)C)C(C)(C=O)c1cccc([N+](=O)[O-])c1F. The minimum atomic E-state index is -1.75. The van der Waals surface area contributed by atoms with E-state index in [1.54, 1.807) is 20.8 Å². The summed E-state index contributed by atoms with van der Waals surface area (Å²) in [5.74, 6) is -1.16. The Morgan fingerprint density at radius 3 is 2.35 bits per heavy atom. The van der Waals surface area contributed by atoms with Crippen molar-refractivity contribution in [2.45, 2.75) is 38.8 Å². The Morgan fingerprint density at radius 2 is 1.91 bits per heavy atom. The first-order chi connectivity index (χ1) is 10.4. The molecule has 1 aromatic carbocycles.